The van der Waals surface area contributed by atoms with Crippen LogP contribution in [-0.4, -0.2) is 63.3 Å². The molecule has 0 N–H and O–H groups in total. The molecule has 0 spiro atoms. The molecule has 0 unspecified atom stereocenters. The lowest BCUT2D eigenvalue weighted by molar-refractivity contribution is -0.137. The molecule has 32 heavy (non-hydrogen) atoms. The second kappa shape index (κ2) is 9.29. The maximum Gasteiger partial charge on any atom is 0.417 e. The maximum absolute atomic E-state index is 13.1. The van der Waals surface area contributed by atoms with Crippen LogP contribution in [-0.2, 0) is 16.2 Å². The van der Waals surface area contributed by atoms with E-state index in [0.29, 0.717) is 11.6 Å². The fourth-order valence-electron chi connectivity index (χ4n) is 3.39. The average molecular weight is 490 g/mol. The quantitative estimate of drug-likeness (QED) is 0.638. The standard InChI is InChI=1S/C21H23ClF3N3O3S/c1-3-26(2)16-6-4-15(5-7-16)20(29)27-10-12-28(13-11-27)32(30,31)17-8-9-19(22)18(14-17)21(23,24)25/h4-9,14H,3,10-13H2,1-2H3. The summed E-state index contributed by atoms with van der Waals surface area (Å²) in [4.78, 5) is 15.9. The Hall–Kier alpha value is -2.30. The first kappa shape index (κ1) is 24.3. The zero-order valence-corrected chi connectivity index (χ0v) is 19.1. The molecule has 1 aliphatic heterocycles. The molecular formula is C21H23ClF3N3O3S. The van der Waals surface area contributed by atoms with E-state index in [4.69, 9.17) is 11.6 Å². The smallest absolute Gasteiger partial charge is 0.375 e. The highest BCUT2D eigenvalue weighted by molar-refractivity contribution is 7.89. The van der Waals surface area contributed by atoms with E-state index in [2.05, 4.69) is 0 Å². The second-order valence-corrected chi connectivity index (χ2v) is 9.74. The van der Waals surface area contributed by atoms with Crippen molar-refractivity contribution >= 4 is 33.2 Å². The van der Waals surface area contributed by atoms with Gasteiger partial charge in [0.2, 0.25) is 10.0 Å². The van der Waals surface area contributed by atoms with E-state index in [1.807, 2.05) is 31.0 Å². The summed E-state index contributed by atoms with van der Waals surface area (Å²) >= 11 is 5.59. The first-order valence-electron chi connectivity index (χ1n) is 9.92. The Morgan fingerprint density at radius 1 is 1.06 bits per heavy atom. The van der Waals surface area contributed by atoms with E-state index in [9.17, 15) is 26.4 Å². The van der Waals surface area contributed by atoms with Gasteiger partial charge in [0, 0.05) is 51.0 Å². The predicted molar refractivity (Wildman–Crippen MR) is 117 cm³/mol. The fourth-order valence-corrected chi connectivity index (χ4v) is 5.06. The van der Waals surface area contributed by atoms with E-state index in [-0.39, 0.29) is 32.1 Å². The molecule has 1 fully saturated rings. The minimum absolute atomic E-state index is 0.0191. The lowest BCUT2D eigenvalue weighted by atomic mass is 10.1. The molecule has 2 aromatic carbocycles. The van der Waals surface area contributed by atoms with Gasteiger partial charge in [-0.25, -0.2) is 8.42 Å². The molecule has 1 amide bonds. The maximum atomic E-state index is 13.1. The number of carbonyl (C=O) groups excluding carboxylic acids is 1. The highest BCUT2D eigenvalue weighted by atomic mass is 35.5. The molecule has 0 atom stereocenters. The van der Waals surface area contributed by atoms with E-state index in [0.717, 1.165) is 28.7 Å². The summed E-state index contributed by atoms with van der Waals surface area (Å²) < 4.78 is 66.1. The molecule has 1 saturated heterocycles. The number of hydrogen-bond acceptors (Lipinski definition) is 4. The summed E-state index contributed by atoms with van der Waals surface area (Å²) in [5.41, 5.74) is 0.259. The summed E-state index contributed by atoms with van der Waals surface area (Å²) in [6, 6.07) is 9.66. The Bertz CT molecular complexity index is 1080. The fraction of sp³-hybridized carbons (Fsp3) is 0.381. The highest BCUT2D eigenvalue weighted by Gasteiger charge is 2.36. The summed E-state index contributed by atoms with van der Waals surface area (Å²) in [5.74, 6) is -0.224. The van der Waals surface area contributed by atoms with Crippen LogP contribution in [0.1, 0.15) is 22.8 Å². The lowest BCUT2D eigenvalue weighted by Gasteiger charge is -2.34. The summed E-state index contributed by atoms with van der Waals surface area (Å²) in [6.07, 6.45) is -4.77. The van der Waals surface area contributed by atoms with Gasteiger partial charge in [0.05, 0.1) is 15.5 Å². The van der Waals surface area contributed by atoms with Crippen LogP contribution in [0.25, 0.3) is 0 Å². The van der Waals surface area contributed by atoms with Gasteiger partial charge in [-0.1, -0.05) is 11.6 Å². The monoisotopic (exact) mass is 489 g/mol. The van der Waals surface area contributed by atoms with E-state index < -0.39 is 31.7 Å². The topological polar surface area (TPSA) is 60.9 Å². The molecule has 0 aromatic heterocycles. The second-order valence-electron chi connectivity index (χ2n) is 7.40. The van der Waals surface area contributed by atoms with Gasteiger partial charge >= 0.3 is 6.18 Å². The zero-order valence-electron chi connectivity index (χ0n) is 17.6. The molecule has 0 saturated carbocycles. The zero-order chi connectivity index (χ0) is 23.7. The lowest BCUT2D eigenvalue weighted by Crippen LogP contribution is -2.50. The number of piperazine rings is 1. The third-order valence-corrected chi connectivity index (χ3v) is 7.66. The number of halogens is 4. The number of rotatable bonds is 5. The number of sulfonamides is 1. The molecule has 0 bridgehead atoms. The number of carbonyl (C=O) groups is 1. The predicted octanol–water partition coefficient (Wildman–Crippen LogP) is 3.96. The number of hydrogen-bond donors (Lipinski definition) is 0. The summed E-state index contributed by atoms with van der Waals surface area (Å²) in [7, 11) is -2.22. The molecule has 0 radical (unpaired) electrons. The number of alkyl halides is 3. The van der Waals surface area contributed by atoms with Crippen LogP contribution in [0.2, 0.25) is 5.02 Å². The van der Waals surface area contributed by atoms with Gasteiger partial charge in [0.15, 0.2) is 0 Å². The number of amides is 1. The Labute approximate surface area is 190 Å². The Balaban J connectivity index is 1.70. The van der Waals surface area contributed by atoms with Crippen molar-refractivity contribution in [2.45, 2.75) is 18.0 Å². The van der Waals surface area contributed by atoms with Crippen molar-refractivity contribution in [3.05, 3.63) is 58.6 Å². The van der Waals surface area contributed by atoms with Crippen molar-refractivity contribution in [2.75, 3.05) is 44.7 Å². The van der Waals surface area contributed by atoms with Crippen molar-refractivity contribution in [1.29, 1.82) is 0 Å². The van der Waals surface area contributed by atoms with Crippen LogP contribution in [0.5, 0.6) is 0 Å². The minimum atomic E-state index is -4.77. The van der Waals surface area contributed by atoms with E-state index in [1.165, 1.54) is 4.90 Å². The van der Waals surface area contributed by atoms with Gasteiger partial charge in [-0.15, -0.1) is 0 Å². The molecule has 6 nitrogen and oxygen atoms in total. The average Bonchev–Trinajstić information content (AvgIpc) is 2.77. The minimum Gasteiger partial charge on any atom is -0.375 e. The molecule has 3 rings (SSSR count). The normalized spacial score (nSPS) is 15.6. The SMILES string of the molecule is CCN(C)c1ccc(C(=O)N2CCN(S(=O)(=O)c3ccc(Cl)c(C(F)(F)F)c3)CC2)cc1. The van der Waals surface area contributed by atoms with Crippen LogP contribution in [0.4, 0.5) is 18.9 Å². The molecule has 0 aliphatic carbocycles. The van der Waals surface area contributed by atoms with Gasteiger partial charge in [-0.3, -0.25) is 4.79 Å². The molecular weight excluding hydrogens is 467 g/mol. The molecule has 11 heteroatoms. The Morgan fingerprint density at radius 2 is 1.66 bits per heavy atom. The molecule has 1 heterocycles. The van der Waals surface area contributed by atoms with Crippen LogP contribution in [0, 0.1) is 0 Å². The van der Waals surface area contributed by atoms with Gasteiger partial charge in [0.1, 0.15) is 0 Å². The van der Waals surface area contributed by atoms with Crippen LogP contribution < -0.4 is 4.90 Å². The van der Waals surface area contributed by atoms with Crippen LogP contribution in [0.3, 0.4) is 0 Å². The van der Waals surface area contributed by atoms with E-state index >= 15 is 0 Å². The first-order chi connectivity index (χ1) is 14.9. The van der Waals surface area contributed by atoms with Crippen LogP contribution in [0.15, 0.2) is 47.4 Å². The third-order valence-electron chi connectivity index (χ3n) is 5.44. The Kier molecular flexibility index (Phi) is 7.06. The summed E-state index contributed by atoms with van der Waals surface area (Å²) in [6.45, 7) is 3.06. The molecule has 2 aromatic rings. The number of benzene rings is 2. The van der Waals surface area contributed by atoms with Gasteiger partial charge in [0.25, 0.3) is 5.91 Å². The van der Waals surface area contributed by atoms with Gasteiger partial charge in [-0.05, 0) is 49.4 Å². The largest absolute Gasteiger partial charge is 0.417 e. The summed E-state index contributed by atoms with van der Waals surface area (Å²) in [5, 5.41) is -0.567. The first-order valence-corrected chi connectivity index (χ1v) is 11.7. The number of nitrogens with zero attached hydrogens (tertiary/aromatic N) is 3. The third kappa shape index (κ3) is 5.02. The van der Waals surface area contributed by atoms with Gasteiger partial charge in [-0.2, -0.15) is 17.5 Å². The number of anilines is 1. The van der Waals surface area contributed by atoms with Crippen molar-refractivity contribution in [2.24, 2.45) is 0 Å². The molecule has 1 aliphatic rings. The van der Waals surface area contributed by atoms with Gasteiger partial charge < -0.3 is 9.80 Å². The van der Waals surface area contributed by atoms with Crippen molar-refractivity contribution in [1.82, 2.24) is 9.21 Å². The van der Waals surface area contributed by atoms with Crippen LogP contribution >= 0.6 is 11.6 Å². The molecule has 174 valence electrons. The van der Waals surface area contributed by atoms with Crippen molar-refractivity contribution in [3.8, 4) is 0 Å². The highest BCUT2D eigenvalue weighted by Crippen LogP contribution is 2.36. The van der Waals surface area contributed by atoms with Crippen molar-refractivity contribution < 1.29 is 26.4 Å². The Morgan fingerprint density at radius 3 is 2.19 bits per heavy atom. The van der Waals surface area contributed by atoms with Crippen molar-refractivity contribution in [3.63, 3.8) is 0 Å². The van der Waals surface area contributed by atoms with E-state index in [1.54, 1.807) is 12.1 Å².